The molecule has 0 spiro atoms. The van der Waals surface area contributed by atoms with Crippen LogP contribution in [0.3, 0.4) is 0 Å². The highest BCUT2D eigenvalue weighted by Gasteiger charge is 2.54. The van der Waals surface area contributed by atoms with Crippen LogP contribution in [-0.4, -0.2) is 62.2 Å². The first-order chi connectivity index (χ1) is 15.2. The number of nitrogens with zero attached hydrogens (tertiary/aromatic N) is 2. The summed E-state index contributed by atoms with van der Waals surface area (Å²) in [7, 11) is -3.55. The number of piperazine rings is 1. The molecule has 4 saturated carbocycles. The summed E-state index contributed by atoms with van der Waals surface area (Å²) < 4.78 is 27.2. The van der Waals surface area contributed by atoms with E-state index in [0.717, 1.165) is 24.8 Å². The van der Waals surface area contributed by atoms with Gasteiger partial charge in [-0.05, 0) is 75.3 Å². The fraction of sp³-hybridized carbons (Fsp3) is 0.667. The number of aryl methyl sites for hydroxylation is 1. The zero-order chi connectivity index (χ0) is 22.5. The van der Waals surface area contributed by atoms with E-state index in [1.807, 2.05) is 6.92 Å². The van der Waals surface area contributed by atoms with Crippen LogP contribution in [0.5, 0.6) is 0 Å². The Morgan fingerprint density at radius 1 is 0.938 bits per heavy atom. The van der Waals surface area contributed by atoms with Crippen molar-refractivity contribution in [2.75, 3.05) is 32.7 Å². The molecule has 0 unspecified atom stereocenters. The van der Waals surface area contributed by atoms with Crippen molar-refractivity contribution in [3.8, 4) is 0 Å². The predicted octanol–water partition coefficient (Wildman–Crippen LogP) is 2.16. The minimum absolute atomic E-state index is 0.00525. The third kappa shape index (κ3) is 3.96. The molecule has 4 aliphatic carbocycles. The Morgan fingerprint density at radius 2 is 1.47 bits per heavy atom. The van der Waals surface area contributed by atoms with Crippen molar-refractivity contribution >= 4 is 21.8 Å². The van der Waals surface area contributed by atoms with E-state index < -0.39 is 10.0 Å². The van der Waals surface area contributed by atoms with E-state index in [9.17, 15) is 18.0 Å². The molecule has 1 aliphatic heterocycles. The largest absolute Gasteiger partial charge is 0.347 e. The van der Waals surface area contributed by atoms with Crippen LogP contribution in [0.15, 0.2) is 29.2 Å². The van der Waals surface area contributed by atoms with Crippen LogP contribution in [0.4, 0.5) is 0 Å². The van der Waals surface area contributed by atoms with Gasteiger partial charge in [0.15, 0.2) is 0 Å². The molecular weight excluding hydrogens is 426 g/mol. The van der Waals surface area contributed by atoms with Gasteiger partial charge in [0.25, 0.3) is 0 Å². The fourth-order valence-corrected chi connectivity index (χ4v) is 8.30. The van der Waals surface area contributed by atoms with Gasteiger partial charge in [-0.15, -0.1) is 0 Å². The lowest BCUT2D eigenvalue weighted by Gasteiger charge is -2.55. The summed E-state index contributed by atoms with van der Waals surface area (Å²) in [4.78, 5) is 27.8. The quantitative estimate of drug-likeness (QED) is 0.731. The topological polar surface area (TPSA) is 86.8 Å². The van der Waals surface area contributed by atoms with Gasteiger partial charge < -0.3 is 10.2 Å². The monoisotopic (exact) mass is 459 g/mol. The zero-order valence-electron chi connectivity index (χ0n) is 18.8. The predicted molar refractivity (Wildman–Crippen MR) is 120 cm³/mol. The number of hydrogen-bond acceptors (Lipinski definition) is 4. The van der Waals surface area contributed by atoms with Gasteiger partial charge >= 0.3 is 0 Å². The fourth-order valence-electron chi connectivity index (χ4n) is 6.88. The van der Waals surface area contributed by atoms with Crippen molar-refractivity contribution in [2.45, 2.75) is 50.3 Å². The molecule has 32 heavy (non-hydrogen) atoms. The summed E-state index contributed by atoms with van der Waals surface area (Å²) in [6.07, 6.45) is 6.78. The molecule has 1 N–H and O–H groups in total. The van der Waals surface area contributed by atoms with Gasteiger partial charge in [-0.25, -0.2) is 8.42 Å². The van der Waals surface area contributed by atoms with Crippen molar-refractivity contribution in [2.24, 2.45) is 23.2 Å². The highest BCUT2D eigenvalue weighted by atomic mass is 32.2. The third-order valence-electron chi connectivity index (χ3n) is 8.17. The van der Waals surface area contributed by atoms with Crippen molar-refractivity contribution in [3.05, 3.63) is 29.8 Å². The van der Waals surface area contributed by atoms with Gasteiger partial charge in [0.2, 0.25) is 21.8 Å². The molecule has 4 bridgehead atoms. The third-order valence-corrected chi connectivity index (χ3v) is 10.1. The molecule has 8 heteroatoms. The zero-order valence-corrected chi connectivity index (χ0v) is 19.6. The van der Waals surface area contributed by atoms with Crippen molar-refractivity contribution in [3.63, 3.8) is 0 Å². The molecule has 5 aliphatic rings. The van der Waals surface area contributed by atoms with Crippen LogP contribution in [0, 0.1) is 30.1 Å². The maximum absolute atomic E-state index is 13.1. The number of nitrogens with one attached hydrogen (secondary N) is 1. The summed E-state index contributed by atoms with van der Waals surface area (Å²) in [6, 6.07) is 6.84. The number of rotatable bonds is 5. The molecule has 7 nitrogen and oxygen atoms in total. The molecule has 1 heterocycles. The molecule has 1 saturated heterocycles. The summed E-state index contributed by atoms with van der Waals surface area (Å²) >= 11 is 0. The molecule has 5 fully saturated rings. The van der Waals surface area contributed by atoms with Gasteiger partial charge in [0.1, 0.15) is 0 Å². The number of hydrogen-bond donors (Lipinski definition) is 1. The number of carbonyl (C=O) groups is 2. The Hall–Kier alpha value is -1.93. The Balaban J connectivity index is 1.13. The second-order valence-electron chi connectivity index (χ2n) is 10.5. The SMILES string of the molecule is Cc1ccc(S(=O)(=O)N2CCN(C(=O)CNC(=O)C34CC5CC(CC(C5)C3)C4)CC2)cc1. The van der Waals surface area contributed by atoms with Crippen LogP contribution in [0.1, 0.15) is 44.1 Å². The molecule has 6 rings (SSSR count). The van der Waals surface area contributed by atoms with Gasteiger partial charge in [-0.1, -0.05) is 17.7 Å². The van der Waals surface area contributed by atoms with Gasteiger partial charge in [0, 0.05) is 31.6 Å². The van der Waals surface area contributed by atoms with Gasteiger partial charge in [-0.2, -0.15) is 4.31 Å². The number of sulfonamides is 1. The first-order valence-corrected chi connectivity index (χ1v) is 13.3. The second kappa shape index (κ2) is 8.13. The molecular formula is C24H33N3O4S. The summed E-state index contributed by atoms with van der Waals surface area (Å²) in [5, 5.41) is 2.95. The molecule has 0 aromatic heterocycles. The summed E-state index contributed by atoms with van der Waals surface area (Å²) in [6.45, 7) is 3.15. The first-order valence-electron chi connectivity index (χ1n) is 11.9. The normalized spacial score (nSPS) is 32.2. The lowest BCUT2D eigenvalue weighted by atomic mass is 9.49. The van der Waals surface area contributed by atoms with Crippen LogP contribution in [0.25, 0.3) is 0 Å². The lowest BCUT2D eigenvalue weighted by molar-refractivity contribution is -0.148. The van der Waals surface area contributed by atoms with E-state index in [2.05, 4.69) is 5.32 Å². The smallest absolute Gasteiger partial charge is 0.243 e. The van der Waals surface area contributed by atoms with Crippen LogP contribution in [0.2, 0.25) is 0 Å². The van der Waals surface area contributed by atoms with Gasteiger partial charge in [0.05, 0.1) is 11.4 Å². The minimum atomic E-state index is -3.55. The Bertz CT molecular complexity index is 961. The van der Waals surface area contributed by atoms with Gasteiger partial charge in [-0.3, -0.25) is 9.59 Å². The Labute approximate surface area is 190 Å². The van der Waals surface area contributed by atoms with E-state index in [1.165, 1.54) is 23.6 Å². The minimum Gasteiger partial charge on any atom is -0.347 e. The van der Waals surface area contributed by atoms with Crippen molar-refractivity contribution in [1.82, 2.24) is 14.5 Å². The average molecular weight is 460 g/mol. The van der Waals surface area contributed by atoms with Crippen LogP contribution >= 0.6 is 0 Å². The number of carbonyl (C=O) groups excluding carboxylic acids is 2. The average Bonchev–Trinajstić information content (AvgIpc) is 2.76. The second-order valence-corrected chi connectivity index (χ2v) is 12.4. The van der Waals surface area contributed by atoms with Crippen molar-refractivity contribution in [1.29, 1.82) is 0 Å². The number of benzene rings is 1. The molecule has 1 aromatic rings. The highest BCUT2D eigenvalue weighted by molar-refractivity contribution is 7.89. The summed E-state index contributed by atoms with van der Waals surface area (Å²) in [5.41, 5.74) is 0.755. The lowest BCUT2D eigenvalue weighted by Crippen LogP contribution is -2.56. The molecule has 2 amide bonds. The van der Waals surface area contributed by atoms with Crippen LogP contribution < -0.4 is 5.32 Å². The molecule has 174 valence electrons. The molecule has 1 aromatic carbocycles. The van der Waals surface area contributed by atoms with E-state index in [1.54, 1.807) is 29.2 Å². The maximum atomic E-state index is 13.1. The molecule has 0 radical (unpaired) electrons. The van der Waals surface area contributed by atoms with E-state index in [0.29, 0.717) is 30.8 Å². The Kier molecular flexibility index (Phi) is 5.56. The van der Waals surface area contributed by atoms with E-state index in [-0.39, 0.29) is 41.8 Å². The van der Waals surface area contributed by atoms with E-state index in [4.69, 9.17) is 0 Å². The highest BCUT2D eigenvalue weighted by Crippen LogP contribution is 2.60. The van der Waals surface area contributed by atoms with Crippen LogP contribution in [-0.2, 0) is 19.6 Å². The van der Waals surface area contributed by atoms with E-state index >= 15 is 0 Å². The standard InChI is InChI=1S/C24H33N3O4S/c1-17-2-4-21(5-3-17)32(30,31)27-8-6-26(7-9-27)22(28)16-25-23(29)24-13-18-10-19(14-24)12-20(11-18)15-24/h2-5,18-20H,6-16H2,1H3,(H,25,29). The Morgan fingerprint density at radius 3 is 2.00 bits per heavy atom. The first kappa shape index (κ1) is 21.9. The van der Waals surface area contributed by atoms with Crippen molar-refractivity contribution < 1.29 is 18.0 Å². The maximum Gasteiger partial charge on any atom is 0.243 e. The summed E-state index contributed by atoms with van der Waals surface area (Å²) in [5.74, 6) is 1.99. The molecule has 0 atom stereocenters. The number of amides is 2.